The molecule has 0 fully saturated rings. The zero-order valence-electron chi connectivity index (χ0n) is 9.79. The van der Waals surface area contributed by atoms with E-state index in [4.69, 9.17) is 11.6 Å². The lowest BCUT2D eigenvalue weighted by atomic mass is 9.97. The maximum absolute atomic E-state index is 11.5. The molecule has 1 aromatic rings. The van der Waals surface area contributed by atoms with Crippen LogP contribution in [-0.4, -0.2) is 11.8 Å². The summed E-state index contributed by atoms with van der Waals surface area (Å²) in [6.07, 6.45) is 1.42. The molecule has 0 aliphatic heterocycles. The molecule has 1 amide bonds. The summed E-state index contributed by atoms with van der Waals surface area (Å²) in [5.41, 5.74) is 2.10. The predicted octanol–water partition coefficient (Wildman–Crippen LogP) is 3.77. The van der Waals surface area contributed by atoms with Gasteiger partial charge in [0.2, 0.25) is 5.91 Å². The number of nitrogens with one attached hydrogen (secondary N) is 1. The average Bonchev–Trinajstić information content (AvgIpc) is 2.29. The summed E-state index contributed by atoms with van der Waals surface area (Å²) in [6, 6.07) is 7.93. The first-order chi connectivity index (χ1) is 7.69. The van der Waals surface area contributed by atoms with E-state index >= 15 is 0 Å². The minimum absolute atomic E-state index is 0.0225. The molecular weight excluding hydrogens is 222 g/mol. The standard InChI is InChI=1S/C13H18ClNO/c1-3-10(2)11-6-4-5-7-12(11)15-13(16)8-9-14/h4-7,10H,3,8-9H2,1-2H3,(H,15,16)/t10-/m1/s1. The first-order valence-electron chi connectivity index (χ1n) is 5.63. The second kappa shape index (κ2) is 6.54. The summed E-state index contributed by atoms with van der Waals surface area (Å²) in [4.78, 5) is 11.5. The third-order valence-electron chi connectivity index (χ3n) is 2.70. The fourth-order valence-corrected chi connectivity index (χ4v) is 1.73. The van der Waals surface area contributed by atoms with E-state index < -0.39 is 0 Å². The minimum atomic E-state index is -0.0225. The lowest BCUT2D eigenvalue weighted by Gasteiger charge is -2.15. The molecule has 2 nitrogen and oxygen atoms in total. The number of carbonyl (C=O) groups excluding carboxylic acids is 1. The van der Waals surface area contributed by atoms with Gasteiger partial charge in [-0.1, -0.05) is 32.0 Å². The summed E-state index contributed by atoms with van der Waals surface area (Å²) >= 11 is 5.53. The summed E-state index contributed by atoms with van der Waals surface area (Å²) in [5.74, 6) is 0.787. The SMILES string of the molecule is CC[C@@H](C)c1ccccc1NC(=O)CCCl. The van der Waals surface area contributed by atoms with Gasteiger partial charge in [-0.15, -0.1) is 11.6 Å². The van der Waals surface area contributed by atoms with Gasteiger partial charge in [0, 0.05) is 18.0 Å². The van der Waals surface area contributed by atoms with Crippen LogP contribution < -0.4 is 5.32 Å². The van der Waals surface area contributed by atoms with Gasteiger partial charge in [0.05, 0.1) is 0 Å². The number of hydrogen-bond donors (Lipinski definition) is 1. The van der Waals surface area contributed by atoms with Crippen molar-refractivity contribution in [1.29, 1.82) is 0 Å². The van der Waals surface area contributed by atoms with E-state index in [9.17, 15) is 4.79 Å². The smallest absolute Gasteiger partial charge is 0.225 e. The number of rotatable bonds is 5. The Morgan fingerprint density at radius 2 is 2.12 bits per heavy atom. The first-order valence-corrected chi connectivity index (χ1v) is 6.17. The van der Waals surface area contributed by atoms with E-state index in [-0.39, 0.29) is 5.91 Å². The molecule has 0 heterocycles. The van der Waals surface area contributed by atoms with Crippen molar-refractivity contribution in [3.8, 4) is 0 Å². The van der Waals surface area contributed by atoms with Gasteiger partial charge in [0.1, 0.15) is 0 Å². The molecule has 0 saturated heterocycles. The van der Waals surface area contributed by atoms with Crippen molar-refractivity contribution < 1.29 is 4.79 Å². The zero-order valence-corrected chi connectivity index (χ0v) is 10.6. The fourth-order valence-electron chi connectivity index (χ4n) is 1.56. The molecule has 0 spiro atoms. The number of benzene rings is 1. The Balaban J connectivity index is 2.82. The first kappa shape index (κ1) is 13.0. The van der Waals surface area contributed by atoms with Crippen molar-refractivity contribution in [2.45, 2.75) is 32.6 Å². The zero-order chi connectivity index (χ0) is 12.0. The predicted molar refractivity (Wildman–Crippen MR) is 69.1 cm³/mol. The maximum Gasteiger partial charge on any atom is 0.225 e. The largest absolute Gasteiger partial charge is 0.326 e. The third kappa shape index (κ3) is 3.53. The molecule has 0 aliphatic carbocycles. The van der Waals surface area contributed by atoms with E-state index in [0.717, 1.165) is 12.1 Å². The molecular formula is C13H18ClNO. The number of carbonyl (C=O) groups is 1. The highest BCUT2D eigenvalue weighted by atomic mass is 35.5. The van der Waals surface area contributed by atoms with Crippen molar-refractivity contribution in [2.24, 2.45) is 0 Å². The molecule has 0 bridgehead atoms. The van der Waals surface area contributed by atoms with Crippen LogP contribution in [0.3, 0.4) is 0 Å². The Labute approximate surface area is 102 Å². The third-order valence-corrected chi connectivity index (χ3v) is 2.89. The second-order valence-corrected chi connectivity index (χ2v) is 4.26. The molecule has 1 N–H and O–H groups in total. The van der Waals surface area contributed by atoms with Gasteiger partial charge >= 0.3 is 0 Å². The summed E-state index contributed by atoms with van der Waals surface area (Å²) in [7, 11) is 0. The number of para-hydroxylation sites is 1. The molecule has 3 heteroatoms. The lowest BCUT2D eigenvalue weighted by molar-refractivity contribution is -0.115. The number of alkyl halides is 1. The fraction of sp³-hybridized carbons (Fsp3) is 0.462. The Morgan fingerprint density at radius 1 is 1.44 bits per heavy atom. The number of hydrogen-bond acceptors (Lipinski definition) is 1. The van der Waals surface area contributed by atoms with Gasteiger partial charge in [-0.2, -0.15) is 0 Å². The van der Waals surface area contributed by atoms with Crippen LogP contribution in [0.2, 0.25) is 0 Å². The summed E-state index contributed by atoms with van der Waals surface area (Å²) in [6.45, 7) is 4.30. The van der Waals surface area contributed by atoms with Crippen molar-refractivity contribution in [2.75, 3.05) is 11.2 Å². The van der Waals surface area contributed by atoms with Gasteiger partial charge in [-0.3, -0.25) is 4.79 Å². The van der Waals surface area contributed by atoms with Crippen molar-refractivity contribution >= 4 is 23.2 Å². The Morgan fingerprint density at radius 3 is 2.75 bits per heavy atom. The van der Waals surface area contributed by atoms with Crippen LogP contribution in [0, 0.1) is 0 Å². The van der Waals surface area contributed by atoms with E-state index in [2.05, 4.69) is 25.2 Å². The molecule has 0 saturated carbocycles. The van der Waals surface area contributed by atoms with Crippen LogP contribution in [0.1, 0.15) is 38.2 Å². The molecule has 0 aliphatic rings. The number of anilines is 1. The van der Waals surface area contributed by atoms with Crippen LogP contribution in [0.25, 0.3) is 0 Å². The van der Waals surface area contributed by atoms with E-state index in [1.165, 1.54) is 5.56 Å². The highest BCUT2D eigenvalue weighted by molar-refractivity contribution is 6.19. The molecule has 0 aromatic heterocycles. The average molecular weight is 240 g/mol. The summed E-state index contributed by atoms with van der Waals surface area (Å²) < 4.78 is 0. The van der Waals surface area contributed by atoms with E-state index in [1.54, 1.807) is 0 Å². The monoisotopic (exact) mass is 239 g/mol. The topological polar surface area (TPSA) is 29.1 Å². The Bertz CT molecular complexity index is 352. The van der Waals surface area contributed by atoms with E-state index in [1.807, 2.05) is 18.2 Å². The molecule has 1 atom stereocenters. The van der Waals surface area contributed by atoms with Crippen LogP contribution in [0.5, 0.6) is 0 Å². The Kier molecular flexibility index (Phi) is 5.33. The molecule has 88 valence electrons. The molecule has 16 heavy (non-hydrogen) atoms. The number of halogens is 1. The van der Waals surface area contributed by atoms with Gasteiger partial charge in [0.25, 0.3) is 0 Å². The molecule has 0 unspecified atom stereocenters. The van der Waals surface area contributed by atoms with Crippen LogP contribution in [0.4, 0.5) is 5.69 Å². The number of amides is 1. The Hall–Kier alpha value is -1.02. The van der Waals surface area contributed by atoms with Gasteiger partial charge in [-0.25, -0.2) is 0 Å². The highest BCUT2D eigenvalue weighted by Crippen LogP contribution is 2.26. The maximum atomic E-state index is 11.5. The molecule has 1 aromatic carbocycles. The van der Waals surface area contributed by atoms with Crippen LogP contribution in [-0.2, 0) is 4.79 Å². The lowest BCUT2D eigenvalue weighted by Crippen LogP contribution is -2.13. The highest BCUT2D eigenvalue weighted by Gasteiger charge is 2.10. The van der Waals surface area contributed by atoms with Crippen LogP contribution in [0.15, 0.2) is 24.3 Å². The van der Waals surface area contributed by atoms with Crippen LogP contribution >= 0.6 is 11.6 Å². The quantitative estimate of drug-likeness (QED) is 0.779. The van der Waals surface area contributed by atoms with E-state index in [0.29, 0.717) is 18.2 Å². The summed E-state index contributed by atoms with van der Waals surface area (Å²) in [5, 5.41) is 2.90. The van der Waals surface area contributed by atoms with Crippen molar-refractivity contribution in [1.82, 2.24) is 0 Å². The second-order valence-electron chi connectivity index (χ2n) is 3.88. The van der Waals surface area contributed by atoms with Crippen molar-refractivity contribution in [3.05, 3.63) is 29.8 Å². The molecule has 0 radical (unpaired) electrons. The van der Waals surface area contributed by atoms with Gasteiger partial charge in [-0.05, 0) is 24.0 Å². The van der Waals surface area contributed by atoms with Gasteiger partial charge in [0.15, 0.2) is 0 Å². The minimum Gasteiger partial charge on any atom is -0.326 e. The van der Waals surface area contributed by atoms with Crippen molar-refractivity contribution in [3.63, 3.8) is 0 Å². The van der Waals surface area contributed by atoms with Gasteiger partial charge < -0.3 is 5.32 Å². The normalized spacial score (nSPS) is 12.2. The molecule has 1 rings (SSSR count).